The van der Waals surface area contributed by atoms with E-state index in [0.29, 0.717) is 17.7 Å². The van der Waals surface area contributed by atoms with Crippen molar-refractivity contribution in [1.82, 2.24) is 10.2 Å². The van der Waals surface area contributed by atoms with E-state index in [4.69, 9.17) is 4.74 Å². The number of carbonyl (C=O) groups excluding carboxylic acids is 3. The molecule has 8 heteroatoms. The minimum absolute atomic E-state index is 0.0938. The van der Waals surface area contributed by atoms with Crippen LogP contribution in [0.2, 0.25) is 0 Å². The van der Waals surface area contributed by atoms with E-state index in [1.807, 2.05) is 56.3 Å². The Balaban J connectivity index is 2.03. The second kappa shape index (κ2) is 14.7. The molecule has 226 valence electrons. The lowest BCUT2D eigenvalue weighted by Crippen LogP contribution is -2.54. The Kier molecular flexibility index (Phi) is 11.4. The molecule has 3 aromatic carbocycles. The van der Waals surface area contributed by atoms with Gasteiger partial charge in [-0.05, 0) is 62.1 Å². The monoisotopic (exact) mass is 575 g/mol. The van der Waals surface area contributed by atoms with Crippen molar-refractivity contribution in [3.63, 3.8) is 0 Å². The first-order valence-electron chi connectivity index (χ1n) is 14.8. The minimum atomic E-state index is -1.14. The number of phenols is 1. The maximum atomic E-state index is 14.3. The minimum Gasteiger partial charge on any atom is -0.508 e. The maximum Gasteiger partial charge on any atom is 0.408 e. The van der Waals surface area contributed by atoms with Gasteiger partial charge in [0.25, 0.3) is 5.91 Å². The number of carbonyl (C=O) groups is 3. The van der Waals surface area contributed by atoms with Crippen molar-refractivity contribution in [3.8, 4) is 5.75 Å². The van der Waals surface area contributed by atoms with Gasteiger partial charge in [-0.15, -0.1) is 0 Å². The fourth-order valence-electron chi connectivity index (χ4n) is 4.85. The maximum absolute atomic E-state index is 14.3. The molecule has 0 spiro atoms. The second-order valence-corrected chi connectivity index (χ2v) is 12.0. The number of aromatic hydroxyl groups is 1. The summed E-state index contributed by atoms with van der Waals surface area (Å²) in [6.07, 6.45) is 2.81. The van der Waals surface area contributed by atoms with Gasteiger partial charge in [0.15, 0.2) is 0 Å². The Hall–Kier alpha value is -4.07. The van der Waals surface area contributed by atoms with Crippen molar-refractivity contribution in [2.45, 2.75) is 84.9 Å². The predicted molar refractivity (Wildman–Crippen MR) is 167 cm³/mol. The third-order valence-electron chi connectivity index (χ3n) is 6.95. The van der Waals surface area contributed by atoms with Crippen LogP contribution in [0.15, 0.2) is 66.7 Å². The van der Waals surface area contributed by atoms with Crippen molar-refractivity contribution >= 4 is 34.4 Å². The molecule has 2 unspecified atom stereocenters. The smallest absolute Gasteiger partial charge is 0.408 e. The van der Waals surface area contributed by atoms with E-state index in [1.165, 1.54) is 11.0 Å². The van der Waals surface area contributed by atoms with Gasteiger partial charge in [-0.2, -0.15) is 0 Å². The summed E-state index contributed by atoms with van der Waals surface area (Å²) in [7, 11) is 0. The third kappa shape index (κ3) is 8.96. The lowest BCUT2D eigenvalue weighted by Gasteiger charge is -2.36. The molecular weight excluding hydrogens is 530 g/mol. The van der Waals surface area contributed by atoms with Crippen LogP contribution < -0.4 is 10.6 Å². The lowest BCUT2D eigenvalue weighted by molar-refractivity contribution is -0.141. The normalized spacial score (nSPS) is 12.9. The topological polar surface area (TPSA) is 108 Å². The van der Waals surface area contributed by atoms with Crippen molar-refractivity contribution in [2.75, 3.05) is 11.9 Å². The number of nitrogens with zero attached hydrogens (tertiary/aromatic N) is 1. The predicted octanol–water partition coefficient (Wildman–Crippen LogP) is 7.18. The van der Waals surface area contributed by atoms with Gasteiger partial charge in [0.05, 0.1) is 0 Å². The van der Waals surface area contributed by atoms with Gasteiger partial charge in [-0.3, -0.25) is 9.59 Å². The Morgan fingerprint density at radius 1 is 0.905 bits per heavy atom. The number of phenolic OH excluding ortho intramolecular Hbond substituents is 1. The van der Waals surface area contributed by atoms with E-state index < -0.39 is 35.6 Å². The van der Waals surface area contributed by atoms with E-state index in [9.17, 15) is 19.5 Å². The van der Waals surface area contributed by atoms with E-state index in [2.05, 4.69) is 17.6 Å². The second-order valence-electron chi connectivity index (χ2n) is 12.0. The molecule has 3 aromatic rings. The number of hydrogen-bond donors (Lipinski definition) is 3. The molecule has 0 bridgehead atoms. The molecule has 0 fully saturated rings. The highest BCUT2D eigenvalue weighted by atomic mass is 16.6. The fraction of sp³-hybridized carbons (Fsp3) is 0.441. The molecule has 0 aliphatic rings. The van der Waals surface area contributed by atoms with Crippen LogP contribution in [0.4, 0.5) is 10.5 Å². The summed E-state index contributed by atoms with van der Waals surface area (Å²) in [5.41, 5.74) is 0.135. The van der Waals surface area contributed by atoms with Crippen LogP contribution in [0.1, 0.15) is 78.8 Å². The van der Waals surface area contributed by atoms with E-state index in [0.717, 1.165) is 30.0 Å². The number of ether oxygens (including phenoxy) is 1. The molecule has 0 aromatic heterocycles. The number of anilines is 1. The highest BCUT2D eigenvalue weighted by Crippen LogP contribution is 2.32. The Morgan fingerprint density at radius 3 is 2.21 bits per heavy atom. The first-order valence-corrected chi connectivity index (χ1v) is 14.8. The zero-order chi connectivity index (χ0) is 30.9. The molecule has 0 saturated carbocycles. The van der Waals surface area contributed by atoms with E-state index in [-0.39, 0.29) is 18.2 Å². The molecule has 3 amide bonds. The zero-order valence-corrected chi connectivity index (χ0v) is 25.6. The fourth-order valence-corrected chi connectivity index (χ4v) is 4.85. The van der Waals surface area contributed by atoms with Gasteiger partial charge < -0.3 is 25.4 Å². The van der Waals surface area contributed by atoms with Crippen LogP contribution >= 0.6 is 0 Å². The molecule has 3 N–H and O–H groups in total. The van der Waals surface area contributed by atoms with Crippen LogP contribution in [0, 0.1) is 5.92 Å². The van der Waals surface area contributed by atoms with Gasteiger partial charge >= 0.3 is 6.09 Å². The SMILES string of the molecule is CCCCCCN(C(=O)C(NC(=O)OC(C)(C)C)C(C)C)C(C(=O)Nc1ccc2ccccc2c1)c1ccccc1O. The molecule has 42 heavy (non-hydrogen) atoms. The van der Waals surface area contributed by atoms with Crippen LogP contribution in [-0.2, 0) is 14.3 Å². The van der Waals surface area contributed by atoms with Crippen molar-refractivity contribution in [2.24, 2.45) is 5.92 Å². The summed E-state index contributed by atoms with van der Waals surface area (Å²) in [4.78, 5) is 42.7. The molecule has 0 radical (unpaired) electrons. The molecule has 0 saturated heterocycles. The number of alkyl carbamates (subject to hydrolysis) is 1. The number of para-hydroxylation sites is 1. The highest BCUT2D eigenvalue weighted by Gasteiger charge is 2.38. The Labute approximate surface area is 249 Å². The van der Waals surface area contributed by atoms with Crippen molar-refractivity contribution in [1.29, 1.82) is 0 Å². The van der Waals surface area contributed by atoms with Gasteiger partial charge in [0.2, 0.25) is 5.91 Å². The molecule has 0 aliphatic heterocycles. The summed E-state index contributed by atoms with van der Waals surface area (Å²) >= 11 is 0. The van der Waals surface area contributed by atoms with Gasteiger partial charge in [-0.25, -0.2) is 4.79 Å². The van der Waals surface area contributed by atoms with Gasteiger partial charge in [-0.1, -0.05) is 88.6 Å². The van der Waals surface area contributed by atoms with Gasteiger partial charge in [0.1, 0.15) is 23.4 Å². The Morgan fingerprint density at radius 2 is 1.57 bits per heavy atom. The molecule has 2 atom stereocenters. The quantitative estimate of drug-likeness (QED) is 0.198. The molecule has 0 heterocycles. The number of nitrogens with one attached hydrogen (secondary N) is 2. The number of hydrogen-bond acceptors (Lipinski definition) is 5. The number of unbranched alkanes of at least 4 members (excludes halogenated alkanes) is 3. The molecule has 8 nitrogen and oxygen atoms in total. The van der Waals surface area contributed by atoms with Crippen LogP contribution in [0.25, 0.3) is 10.8 Å². The average molecular weight is 576 g/mol. The van der Waals surface area contributed by atoms with Crippen LogP contribution in [-0.4, -0.2) is 46.1 Å². The summed E-state index contributed by atoms with van der Waals surface area (Å²) < 4.78 is 5.45. The number of rotatable bonds is 12. The third-order valence-corrected chi connectivity index (χ3v) is 6.95. The summed E-state index contributed by atoms with van der Waals surface area (Å²) in [6.45, 7) is 11.3. The zero-order valence-electron chi connectivity index (χ0n) is 25.6. The standard InChI is InChI=1S/C34H45N3O5/c1-7-8-9-14-21-37(32(40)29(23(2)3)36-33(41)42-34(4,5)6)30(27-17-12-13-18-28(27)38)31(39)35-26-20-19-24-15-10-11-16-25(24)22-26/h10-13,15-20,22-23,29-30,38H,7-9,14,21H2,1-6H3,(H,35,39)(H,36,41). The van der Waals surface area contributed by atoms with E-state index >= 15 is 0 Å². The number of fused-ring (bicyclic) bond motifs is 1. The largest absolute Gasteiger partial charge is 0.508 e. The summed E-state index contributed by atoms with van der Waals surface area (Å²) in [6, 6.07) is 17.9. The Bertz CT molecular complexity index is 1360. The first kappa shape index (κ1) is 32.4. The van der Waals surface area contributed by atoms with Crippen LogP contribution in [0.3, 0.4) is 0 Å². The molecule has 3 rings (SSSR count). The average Bonchev–Trinajstić information content (AvgIpc) is 2.92. The number of amides is 3. The first-order chi connectivity index (χ1) is 19.9. The summed E-state index contributed by atoms with van der Waals surface area (Å²) in [5.74, 6) is -1.27. The van der Waals surface area contributed by atoms with Crippen molar-refractivity contribution < 1.29 is 24.2 Å². The van der Waals surface area contributed by atoms with Gasteiger partial charge in [0, 0.05) is 17.8 Å². The summed E-state index contributed by atoms with van der Waals surface area (Å²) in [5, 5.41) is 18.6. The molecule has 0 aliphatic carbocycles. The van der Waals surface area contributed by atoms with Crippen LogP contribution in [0.5, 0.6) is 5.75 Å². The van der Waals surface area contributed by atoms with Crippen molar-refractivity contribution in [3.05, 3.63) is 72.3 Å². The molecular formula is C34H45N3O5. The number of benzene rings is 3. The highest BCUT2D eigenvalue weighted by molar-refractivity contribution is 6.00. The lowest BCUT2D eigenvalue weighted by atomic mass is 9.97. The van der Waals surface area contributed by atoms with E-state index in [1.54, 1.807) is 39.0 Å².